The number of anilines is 3. The van der Waals surface area contributed by atoms with E-state index in [0.29, 0.717) is 0 Å². The van der Waals surface area contributed by atoms with Gasteiger partial charge in [0.05, 0.1) is 11.7 Å². The van der Waals surface area contributed by atoms with Crippen LogP contribution >= 0.6 is 0 Å². The number of benzene rings is 18. The van der Waals surface area contributed by atoms with Crippen molar-refractivity contribution in [1.29, 1.82) is 0 Å². The maximum atomic E-state index is 3.05. The molecule has 33 rings (SSSR count). The van der Waals surface area contributed by atoms with Gasteiger partial charge in [-0.25, -0.2) is 0 Å². The third kappa shape index (κ3) is 1.45. The van der Waals surface area contributed by atoms with Crippen molar-refractivity contribution in [3.8, 4) is 0 Å². The quantitative estimate of drug-likeness (QED) is 0.160. The van der Waals surface area contributed by atoms with Crippen LogP contribution in [-0.4, -0.2) is 14.1 Å². The molecule has 4 aliphatic rings. The molecule has 0 N–H and O–H groups in total. The Hall–Kier alpha value is -8.72. The highest BCUT2D eigenvalue weighted by molar-refractivity contribution is 6.82. The number of rotatable bonds is 2. The van der Waals surface area contributed by atoms with Gasteiger partial charge in [-0.1, -0.05) is 0 Å². The number of hydrogen-bond acceptors (Lipinski definition) is 2. The van der Waals surface area contributed by atoms with Gasteiger partial charge in [0, 0.05) is 123 Å². The average molecular weight is 857 g/mol. The van der Waals surface area contributed by atoms with Crippen molar-refractivity contribution < 1.29 is 0 Å². The van der Waals surface area contributed by atoms with Crippen LogP contribution in [0, 0.1) is 0 Å². The van der Waals surface area contributed by atoms with Gasteiger partial charge in [-0.15, -0.1) is 0 Å². The van der Waals surface area contributed by atoms with Crippen LogP contribution in [0.4, 0.5) is 17.1 Å². The summed E-state index contributed by atoms with van der Waals surface area (Å²) < 4.78 is 0. The molecule has 2 unspecified atom stereocenters. The molecule has 2 atom stereocenters. The molecule has 2 aliphatic heterocycles. The number of nitrogens with zero attached hydrogens (tertiary/aromatic N) is 2. The smallest absolute Gasteiger partial charge is 0.0714 e. The first-order valence-electron chi connectivity index (χ1n) is 26.1. The van der Waals surface area contributed by atoms with Crippen LogP contribution in [0.25, 0.3) is 291 Å². The molecule has 0 saturated carbocycles. The van der Waals surface area contributed by atoms with E-state index in [2.05, 4.69) is 48.2 Å². The fraction of sp³-hybridized carbons (Fsp3) is 0.0588. The molecule has 2 nitrogen and oxygen atoms in total. The summed E-state index contributed by atoms with van der Waals surface area (Å²) in [6.07, 6.45) is 0. The van der Waals surface area contributed by atoms with E-state index >= 15 is 0 Å². The van der Waals surface area contributed by atoms with E-state index in [4.69, 9.17) is 0 Å². The predicted molar refractivity (Wildman–Crippen MR) is 300 cm³/mol. The molecule has 70 heavy (non-hydrogen) atoms. The first-order chi connectivity index (χ1) is 34.8. The fourth-order valence-electron chi connectivity index (χ4n) is 24.2. The van der Waals surface area contributed by atoms with E-state index in [1.54, 1.807) is 313 Å². The standard InChI is InChI=1S/C68H12N2/c1-69(2)7-3-5-8(6-4-7)70-67-63-55-47-37-27-19-11-9-10-13-17-15(11)23-31-25(17)35-29-21(13)22-14(10)18-16-12(9)20(19)28-34-24(16)32-26(18)36-30(22)40-39(29)49-43(35)53-45(31)51(41(47)33(23)27)59(63)61(53)65-57(49)58-50(40)44(36)54-46(32)52-42(34)48(38(28)37)56(55)64(67)60(52)62(54)66(58)68(65)70/h3-6,63,67H,1-2H3. The van der Waals surface area contributed by atoms with E-state index in [-0.39, 0.29) is 12.0 Å². The Morgan fingerprint density at radius 1 is 0.243 bits per heavy atom. The lowest BCUT2D eigenvalue weighted by Crippen LogP contribution is -2.26. The van der Waals surface area contributed by atoms with Gasteiger partial charge in [0.2, 0.25) is 0 Å². The van der Waals surface area contributed by atoms with Crippen LogP contribution in [-0.2, 0) is 0 Å². The SMILES string of the molecule is CN(C)c1ccc(N2c3c4c5c6c7c8c9c%10c%11c(c%12c%13c3c3c4c4c%14c5c7c5c7c8c8c9c9c%11c%11c%12c%12c%13c%13c3c3c4c4c%14c5c5c7c7c8c8c9c%11c9c%12c%11c%13c3c3c4c5c4c7c8c9c%11c34)C2C%106)cc1. The predicted octanol–water partition coefficient (Wildman–Crippen LogP) is 18.8. The second-order valence-corrected chi connectivity index (χ2v) is 25.5. The Morgan fingerprint density at radius 3 is 0.786 bits per heavy atom. The highest BCUT2D eigenvalue weighted by atomic mass is 15.2. The lowest BCUT2D eigenvalue weighted by Gasteiger charge is -2.36. The summed E-state index contributed by atoms with van der Waals surface area (Å²) in [6, 6.07) is 10.0. The topological polar surface area (TPSA) is 6.48 Å². The minimum atomic E-state index is 0.155. The van der Waals surface area contributed by atoms with Gasteiger partial charge < -0.3 is 9.80 Å². The third-order valence-corrected chi connectivity index (χ3v) is 24.7. The molecule has 2 heteroatoms. The monoisotopic (exact) mass is 856 g/mol. The second-order valence-electron chi connectivity index (χ2n) is 25.5. The van der Waals surface area contributed by atoms with Crippen LogP contribution in [0.15, 0.2) is 24.3 Å². The lowest BCUT2D eigenvalue weighted by molar-refractivity contribution is 0.658. The van der Waals surface area contributed by atoms with Gasteiger partial charge in [0.15, 0.2) is 0 Å². The Balaban J connectivity index is 1.17. The molecule has 0 saturated heterocycles. The molecular weight excluding hydrogens is 845 g/mol. The van der Waals surface area contributed by atoms with Crippen LogP contribution in [0.3, 0.4) is 0 Å². The largest absolute Gasteiger partial charge is 0.378 e. The van der Waals surface area contributed by atoms with Crippen molar-refractivity contribution in [3.05, 3.63) is 41.0 Å². The third-order valence-electron chi connectivity index (χ3n) is 24.7. The zero-order valence-electron chi connectivity index (χ0n) is 36.4. The Bertz CT molecular complexity index is 7530. The van der Waals surface area contributed by atoms with E-state index in [0.717, 1.165) is 0 Å². The summed E-state index contributed by atoms with van der Waals surface area (Å²) in [7, 11) is 4.40. The molecular formula is C68H12N2. The van der Waals surface area contributed by atoms with Crippen LogP contribution in [0.5, 0.6) is 0 Å². The lowest BCUT2D eigenvalue weighted by atomic mass is 9.79. The molecule has 0 radical (unpaired) electrons. The van der Waals surface area contributed by atoms with Gasteiger partial charge in [-0.2, -0.15) is 0 Å². The molecule has 0 aromatic heterocycles. The van der Waals surface area contributed by atoms with E-state index < -0.39 is 0 Å². The summed E-state index contributed by atoms with van der Waals surface area (Å²) in [6.45, 7) is 0. The normalized spacial score (nSPS) is 19.8. The first-order valence-corrected chi connectivity index (χ1v) is 26.1. The summed E-state index contributed by atoms with van der Waals surface area (Å²) in [4.78, 5) is 5.33. The van der Waals surface area contributed by atoms with Crippen molar-refractivity contribution in [2.75, 3.05) is 23.9 Å². The highest BCUT2D eigenvalue weighted by Gasteiger charge is 2.57. The summed E-state index contributed by atoms with van der Waals surface area (Å²) in [5.74, 6) is 0.240. The molecule has 0 amide bonds. The molecule has 2 heterocycles. The minimum absolute atomic E-state index is 0.155. The maximum Gasteiger partial charge on any atom is 0.0714 e. The summed E-state index contributed by atoms with van der Waals surface area (Å²) in [5.41, 5.74) is 9.33. The highest BCUT2D eigenvalue weighted by Crippen LogP contribution is 2.82. The van der Waals surface area contributed by atoms with Crippen molar-refractivity contribution in [1.82, 2.24) is 0 Å². The second kappa shape index (κ2) is 6.04. The molecule has 29 aromatic rings. The zero-order valence-corrected chi connectivity index (χ0v) is 36.4. The molecule has 0 fully saturated rings. The molecule has 0 spiro atoms. The van der Waals surface area contributed by atoms with Crippen LogP contribution < -0.4 is 9.80 Å². The summed E-state index contributed by atoms with van der Waals surface area (Å²) >= 11 is 0. The Labute approximate surface area is 382 Å². The van der Waals surface area contributed by atoms with Crippen molar-refractivity contribution in [2.24, 2.45) is 0 Å². The maximum absolute atomic E-state index is 3.05. The van der Waals surface area contributed by atoms with Gasteiger partial charge >= 0.3 is 0 Å². The first kappa shape index (κ1) is 26.1. The van der Waals surface area contributed by atoms with Gasteiger partial charge in [0.1, 0.15) is 0 Å². The van der Waals surface area contributed by atoms with Gasteiger partial charge in [-0.3, -0.25) is 0 Å². The van der Waals surface area contributed by atoms with Crippen molar-refractivity contribution >= 4 is 308 Å². The van der Waals surface area contributed by atoms with Gasteiger partial charge in [-0.05, 0) is 240 Å². The number of hydrogen-bond donors (Lipinski definition) is 0. The van der Waals surface area contributed by atoms with E-state index in [1.165, 1.54) is 11.4 Å². The zero-order chi connectivity index (χ0) is 41.8. The van der Waals surface area contributed by atoms with E-state index in [9.17, 15) is 0 Å². The molecule has 2 bridgehead atoms. The Kier molecular flexibility index (Phi) is 2.26. The van der Waals surface area contributed by atoms with Crippen LogP contribution in [0.1, 0.15) is 28.7 Å². The minimum Gasteiger partial charge on any atom is -0.378 e. The average Bonchev–Trinajstić information content (AvgIpc) is 4.28. The molecule has 2 aliphatic carbocycles. The van der Waals surface area contributed by atoms with Crippen LogP contribution in [0.2, 0.25) is 0 Å². The van der Waals surface area contributed by atoms with E-state index in [1.807, 2.05) is 0 Å². The summed E-state index contributed by atoms with van der Waals surface area (Å²) in [5, 5.41) is 89.3. The molecule has 294 valence electrons. The van der Waals surface area contributed by atoms with Crippen molar-refractivity contribution in [2.45, 2.75) is 12.0 Å². The van der Waals surface area contributed by atoms with Crippen molar-refractivity contribution in [3.63, 3.8) is 0 Å². The fourth-order valence-corrected chi connectivity index (χ4v) is 24.2. The Morgan fingerprint density at radius 2 is 0.457 bits per heavy atom. The van der Waals surface area contributed by atoms with Gasteiger partial charge in [0.25, 0.3) is 0 Å². The molecule has 29 aromatic carbocycles.